The molecule has 0 spiro atoms. The van der Waals surface area contributed by atoms with Gasteiger partial charge in [0.05, 0.1) is 24.9 Å². The maximum Gasteiger partial charge on any atom is 0.127 e. The lowest BCUT2D eigenvalue weighted by atomic mass is 9.79. The van der Waals surface area contributed by atoms with Gasteiger partial charge in [0.2, 0.25) is 0 Å². The third-order valence-electron chi connectivity index (χ3n) is 8.06. The minimum Gasteiger partial charge on any atom is -0.494 e. The fourth-order valence-corrected chi connectivity index (χ4v) is 6.86. The van der Waals surface area contributed by atoms with E-state index in [0.29, 0.717) is 19.6 Å². The van der Waals surface area contributed by atoms with Crippen LogP contribution in [0, 0.1) is 20.8 Å². The maximum absolute atomic E-state index is 11.9. The first-order chi connectivity index (χ1) is 20.0. The van der Waals surface area contributed by atoms with Crippen molar-refractivity contribution in [2.45, 2.75) is 53.0 Å². The topological polar surface area (TPSA) is 38.8 Å². The molecule has 4 nitrogen and oxygen atoms in total. The number of ether oxygens (including phenoxy) is 2. The molecule has 0 saturated heterocycles. The fourth-order valence-electron chi connectivity index (χ4n) is 6.02. The number of fused-ring (bicyclic) bond motifs is 3. The molecule has 0 fully saturated rings. The lowest BCUT2D eigenvalue weighted by Crippen LogP contribution is -2.26. The summed E-state index contributed by atoms with van der Waals surface area (Å²) in [4.78, 5) is 11.9. The van der Waals surface area contributed by atoms with Crippen molar-refractivity contribution in [3.05, 3.63) is 101 Å². The Labute approximate surface area is 248 Å². The van der Waals surface area contributed by atoms with Gasteiger partial charge in [0.1, 0.15) is 17.8 Å². The molecule has 4 aromatic rings. The highest BCUT2D eigenvalue weighted by Crippen LogP contribution is 2.55. The van der Waals surface area contributed by atoms with Gasteiger partial charge in [0, 0.05) is 23.8 Å². The van der Waals surface area contributed by atoms with Gasteiger partial charge in [-0.2, -0.15) is 0 Å². The minimum absolute atomic E-state index is 0.155. The first kappa shape index (κ1) is 28.8. The lowest BCUT2D eigenvalue weighted by molar-refractivity contribution is -0.107. The molecule has 4 aromatic carbocycles. The van der Waals surface area contributed by atoms with Crippen LogP contribution in [0.2, 0.25) is 0 Å². The molecule has 0 unspecified atom stereocenters. The van der Waals surface area contributed by atoms with Gasteiger partial charge in [-0.1, -0.05) is 72.1 Å². The van der Waals surface area contributed by atoms with Gasteiger partial charge in [0.25, 0.3) is 0 Å². The van der Waals surface area contributed by atoms with Crippen LogP contribution in [0.1, 0.15) is 53.6 Å². The molecule has 0 saturated carbocycles. The van der Waals surface area contributed by atoms with Gasteiger partial charge in [-0.3, -0.25) is 0 Å². The first-order valence-corrected chi connectivity index (χ1v) is 15.6. The summed E-state index contributed by atoms with van der Waals surface area (Å²) < 4.78 is 14.8. The molecule has 41 heavy (non-hydrogen) atoms. The average Bonchev–Trinajstić information content (AvgIpc) is 2.99. The molecule has 5 heteroatoms. The Morgan fingerprint density at radius 2 is 1.51 bits per heavy atom. The van der Waals surface area contributed by atoms with Crippen LogP contribution < -0.4 is 13.8 Å². The number of hydrogen-bond acceptors (Lipinski definition) is 5. The van der Waals surface area contributed by atoms with Gasteiger partial charge in [-0.15, -0.1) is 0 Å². The van der Waals surface area contributed by atoms with E-state index in [9.17, 15) is 4.79 Å². The van der Waals surface area contributed by atoms with Crippen LogP contribution in [0.3, 0.4) is 0 Å². The molecule has 0 aliphatic carbocycles. The Hall–Kier alpha value is -3.70. The van der Waals surface area contributed by atoms with E-state index in [4.69, 9.17) is 9.47 Å². The van der Waals surface area contributed by atoms with E-state index < -0.39 is 0 Å². The number of aryl methyl sites for hydroxylation is 1. The molecule has 0 bridgehead atoms. The predicted octanol–water partition coefficient (Wildman–Crippen LogP) is 9.08. The number of unbranched alkanes of at least 4 members (excludes halogenated alkanes) is 1. The van der Waals surface area contributed by atoms with Crippen molar-refractivity contribution >= 4 is 23.9 Å². The van der Waals surface area contributed by atoms with E-state index in [1.165, 1.54) is 33.5 Å². The van der Waals surface area contributed by atoms with E-state index in [1.54, 1.807) is 11.9 Å². The minimum atomic E-state index is 0.155. The highest BCUT2D eigenvalue weighted by molar-refractivity contribution is 8.00. The van der Waals surface area contributed by atoms with Crippen LogP contribution in [0.5, 0.6) is 11.5 Å². The van der Waals surface area contributed by atoms with Gasteiger partial charge < -0.3 is 18.6 Å². The molecule has 0 N–H and O–H groups in total. The Bertz CT molecular complexity index is 1510. The number of anilines is 1. The molecular formula is C36H39NO3S. The Morgan fingerprint density at radius 3 is 2.20 bits per heavy atom. The number of nitrogens with zero attached hydrogens (tertiary/aromatic N) is 1. The lowest BCUT2D eigenvalue weighted by Gasteiger charge is -2.40. The van der Waals surface area contributed by atoms with Crippen LogP contribution in [-0.2, 0) is 11.2 Å². The van der Waals surface area contributed by atoms with Crippen molar-refractivity contribution in [3.63, 3.8) is 0 Å². The van der Waals surface area contributed by atoms with Crippen LogP contribution in [0.25, 0.3) is 22.3 Å². The van der Waals surface area contributed by atoms with Crippen LogP contribution in [0.4, 0.5) is 5.69 Å². The van der Waals surface area contributed by atoms with Crippen molar-refractivity contribution in [2.75, 3.05) is 23.8 Å². The normalized spacial score (nSPS) is 13.9. The van der Waals surface area contributed by atoms with E-state index in [-0.39, 0.29) is 6.04 Å². The molecule has 0 amide bonds. The average molecular weight is 566 g/mol. The molecule has 5 rings (SSSR count). The number of benzene rings is 4. The van der Waals surface area contributed by atoms with Gasteiger partial charge in [-0.25, -0.2) is 0 Å². The summed E-state index contributed by atoms with van der Waals surface area (Å²) in [7, 11) is 0. The summed E-state index contributed by atoms with van der Waals surface area (Å²) in [6.07, 6.45) is 5.37. The zero-order chi connectivity index (χ0) is 28.9. The molecule has 1 heterocycles. The highest BCUT2D eigenvalue weighted by Gasteiger charge is 2.35. The third-order valence-corrected chi connectivity index (χ3v) is 8.95. The standard InChI is InChI=1S/C36H39NO3S/c1-24-16-18-28(19-17-24)33-26(3)34-35-31(27(4)37(41-5)36(34)25(2)30(33)20-21-38)14-11-15-32(35)40-23-10-9-22-39-29-12-7-6-8-13-29/h6-8,11-19,21,27H,9-10,20,22-23H2,1-5H3/t27-/m0/s1. The van der Waals surface area contributed by atoms with Gasteiger partial charge in [-0.05, 0) is 92.1 Å². The SMILES string of the molecule is CSN1c2c(C)c(CC=O)c(-c3ccc(C)cc3)c(C)c2-c2c(OCCCCOc3ccccc3)cccc2[C@@H]1C. The quantitative estimate of drug-likeness (QED) is 0.103. The molecular weight excluding hydrogens is 526 g/mol. The number of carbonyl (C=O) groups is 1. The van der Waals surface area contributed by atoms with Crippen LogP contribution in [-0.4, -0.2) is 25.8 Å². The monoisotopic (exact) mass is 565 g/mol. The van der Waals surface area contributed by atoms with Crippen LogP contribution in [0.15, 0.2) is 72.8 Å². The van der Waals surface area contributed by atoms with Crippen molar-refractivity contribution in [3.8, 4) is 33.8 Å². The number of aldehydes is 1. The second-order valence-corrected chi connectivity index (χ2v) is 11.4. The van der Waals surface area contributed by atoms with E-state index in [2.05, 4.69) is 80.7 Å². The van der Waals surface area contributed by atoms with Gasteiger partial charge >= 0.3 is 0 Å². The zero-order valence-corrected chi connectivity index (χ0v) is 25.5. The summed E-state index contributed by atoms with van der Waals surface area (Å²) in [5.41, 5.74) is 11.8. The number of carbonyl (C=O) groups excluding carboxylic acids is 1. The van der Waals surface area contributed by atoms with Gasteiger partial charge in [0.15, 0.2) is 0 Å². The molecule has 0 radical (unpaired) electrons. The second kappa shape index (κ2) is 12.9. The summed E-state index contributed by atoms with van der Waals surface area (Å²) >= 11 is 1.73. The van der Waals surface area contributed by atoms with E-state index in [0.717, 1.165) is 52.9 Å². The van der Waals surface area contributed by atoms with Crippen molar-refractivity contribution in [1.29, 1.82) is 0 Å². The molecule has 0 aromatic heterocycles. The molecule has 1 atom stereocenters. The van der Waals surface area contributed by atoms with Crippen molar-refractivity contribution in [2.24, 2.45) is 0 Å². The largest absolute Gasteiger partial charge is 0.494 e. The van der Waals surface area contributed by atoms with E-state index >= 15 is 0 Å². The maximum atomic E-state index is 11.9. The molecule has 1 aliphatic heterocycles. The molecule has 212 valence electrons. The third kappa shape index (κ3) is 5.73. The second-order valence-electron chi connectivity index (χ2n) is 10.7. The number of para-hydroxylation sites is 1. The molecule has 1 aliphatic rings. The Kier molecular flexibility index (Phi) is 9.04. The first-order valence-electron chi connectivity index (χ1n) is 14.4. The predicted molar refractivity (Wildman–Crippen MR) is 172 cm³/mol. The Balaban J connectivity index is 1.53. The van der Waals surface area contributed by atoms with Crippen molar-refractivity contribution < 1.29 is 14.3 Å². The summed E-state index contributed by atoms with van der Waals surface area (Å²) in [5, 5.41) is 0. The zero-order valence-electron chi connectivity index (χ0n) is 24.7. The van der Waals surface area contributed by atoms with E-state index in [1.807, 2.05) is 30.3 Å². The summed E-state index contributed by atoms with van der Waals surface area (Å²) in [5.74, 6) is 1.82. The number of hydrogen-bond donors (Lipinski definition) is 0. The highest BCUT2D eigenvalue weighted by atomic mass is 32.2. The van der Waals surface area contributed by atoms with Crippen molar-refractivity contribution in [1.82, 2.24) is 0 Å². The summed E-state index contributed by atoms with van der Waals surface area (Å²) in [6.45, 7) is 10.0. The fraction of sp³-hybridized carbons (Fsp3) is 0.306. The Morgan fingerprint density at radius 1 is 0.805 bits per heavy atom. The summed E-state index contributed by atoms with van der Waals surface area (Å²) in [6, 6.07) is 25.2. The van der Waals surface area contributed by atoms with Crippen LogP contribution >= 0.6 is 11.9 Å². The number of rotatable bonds is 11. The smallest absolute Gasteiger partial charge is 0.127 e.